The van der Waals surface area contributed by atoms with Gasteiger partial charge >= 0.3 is 0 Å². The summed E-state index contributed by atoms with van der Waals surface area (Å²) in [5.74, 6) is -2.16. The van der Waals surface area contributed by atoms with Crippen molar-refractivity contribution in [1.82, 2.24) is 15.0 Å². The average molecular weight is 349 g/mol. The number of nitrogens with zero attached hydrogens (tertiary/aromatic N) is 3. The number of carbonyl (C=O) groups excluding carboxylic acids is 2. The van der Waals surface area contributed by atoms with Crippen LogP contribution >= 0.6 is 0 Å². The molecular formula is C17H17F2N3O3. The molecular weight excluding hydrogens is 332 g/mol. The molecule has 2 heterocycles. The summed E-state index contributed by atoms with van der Waals surface area (Å²) in [6.07, 6.45) is 0. The molecule has 1 aliphatic heterocycles. The van der Waals surface area contributed by atoms with E-state index in [-0.39, 0.29) is 17.4 Å². The van der Waals surface area contributed by atoms with E-state index >= 15 is 0 Å². The highest BCUT2D eigenvalue weighted by Gasteiger charge is 2.28. The first-order chi connectivity index (χ1) is 11.9. The minimum Gasteiger partial charge on any atom is -0.361 e. The van der Waals surface area contributed by atoms with E-state index < -0.39 is 11.6 Å². The highest BCUT2D eigenvalue weighted by molar-refractivity contribution is 5.97. The van der Waals surface area contributed by atoms with Gasteiger partial charge in [-0.2, -0.15) is 0 Å². The monoisotopic (exact) mass is 349 g/mol. The van der Waals surface area contributed by atoms with Crippen LogP contribution in [-0.2, 0) is 0 Å². The molecule has 1 fully saturated rings. The van der Waals surface area contributed by atoms with Crippen molar-refractivity contribution in [3.8, 4) is 0 Å². The largest absolute Gasteiger partial charge is 0.361 e. The van der Waals surface area contributed by atoms with Gasteiger partial charge in [-0.1, -0.05) is 5.16 Å². The number of rotatable bonds is 2. The molecule has 0 saturated carbocycles. The summed E-state index contributed by atoms with van der Waals surface area (Å²) < 4.78 is 31.3. The lowest BCUT2D eigenvalue weighted by Crippen LogP contribution is -2.50. The molecule has 0 N–H and O–H groups in total. The Labute approximate surface area is 143 Å². The third-order valence-electron chi connectivity index (χ3n) is 4.27. The van der Waals surface area contributed by atoms with Crippen molar-refractivity contribution in [2.75, 3.05) is 26.2 Å². The van der Waals surface area contributed by atoms with Crippen molar-refractivity contribution in [3.63, 3.8) is 0 Å². The van der Waals surface area contributed by atoms with Crippen LogP contribution in [0.2, 0.25) is 0 Å². The molecule has 2 amide bonds. The van der Waals surface area contributed by atoms with Gasteiger partial charge in [0.15, 0.2) is 11.6 Å². The van der Waals surface area contributed by atoms with Crippen LogP contribution in [0.5, 0.6) is 0 Å². The number of benzene rings is 1. The first-order valence-corrected chi connectivity index (χ1v) is 7.85. The zero-order valence-corrected chi connectivity index (χ0v) is 13.9. The zero-order valence-electron chi connectivity index (χ0n) is 13.9. The third kappa shape index (κ3) is 3.24. The molecule has 6 nitrogen and oxygen atoms in total. The van der Waals surface area contributed by atoms with Crippen LogP contribution in [0.1, 0.15) is 32.2 Å². The van der Waals surface area contributed by atoms with Crippen molar-refractivity contribution < 1.29 is 22.9 Å². The number of carbonyl (C=O) groups is 2. The smallest absolute Gasteiger partial charge is 0.259 e. The van der Waals surface area contributed by atoms with Gasteiger partial charge in [0.05, 0.1) is 5.69 Å². The van der Waals surface area contributed by atoms with Crippen LogP contribution in [-0.4, -0.2) is 52.9 Å². The maximum absolute atomic E-state index is 13.3. The van der Waals surface area contributed by atoms with Crippen molar-refractivity contribution in [2.24, 2.45) is 0 Å². The molecule has 8 heteroatoms. The number of hydrogen-bond donors (Lipinski definition) is 0. The van der Waals surface area contributed by atoms with E-state index in [2.05, 4.69) is 5.16 Å². The van der Waals surface area contributed by atoms with Crippen LogP contribution in [0.4, 0.5) is 8.78 Å². The van der Waals surface area contributed by atoms with Gasteiger partial charge in [0, 0.05) is 31.7 Å². The van der Waals surface area contributed by atoms with Gasteiger partial charge in [-0.15, -0.1) is 0 Å². The lowest BCUT2D eigenvalue weighted by Gasteiger charge is -2.34. The Morgan fingerprint density at radius 2 is 1.60 bits per heavy atom. The Morgan fingerprint density at radius 1 is 1.00 bits per heavy atom. The van der Waals surface area contributed by atoms with Gasteiger partial charge in [-0.05, 0) is 32.0 Å². The van der Waals surface area contributed by atoms with Gasteiger partial charge < -0.3 is 14.3 Å². The highest BCUT2D eigenvalue weighted by Crippen LogP contribution is 2.18. The second kappa shape index (κ2) is 6.62. The van der Waals surface area contributed by atoms with E-state index in [0.29, 0.717) is 43.2 Å². The molecule has 0 atom stereocenters. The van der Waals surface area contributed by atoms with Gasteiger partial charge in [0.25, 0.3) is 11.8 Å². The molecule has 1 saturated heterocycles. The van der Waals surface area contributed by atoms with Gasteiger partial charge in [0.1, 0.15) is 11.3 Å². The van der Waals surface area contributed by atoms with E-state index in [1.165, 1.54) is 11.0 Å². The molecule has 132 valence electrons. The topological polar surface area (TPSA) is 66.7 Å². The maximum atomic E-state index is 13.3. The lowest BCUT2D eigenvalue weighted by molar-refractivity contribution is 0.0533. The van der Waals surface area contributed by atoms with Crippen molar-refractivity contribution in [2.45, 2.75) is 13.8 Å². The SMILES string of the molecule is Cc1noc(C)c1C(=O)N1CCN(C(=O)c2ccc(F)c(F)c2)CC1. The summed E-state index contributed by atoms with van der Waals surface area (Å²) in [5, 5.41) is 3.78. The van der Waals surface area contributed by atoms with Gasteiger partial charge in [-0.3, -0.25) is 9.59 Å². The quantitative estimate of drug-likeness (QED) is 0.833. The molecule has 1 aromatic heterocycles. The van der Waals surface area contributed by atoms with Crippen LogP contribution in [0.3, 0.4) is 0 Å². The van der Waals surface area contributed by atoms with Crippen LogP contribution in [0, 0.1) is 25.5 Å². The summed E-state index contributed by atoms with van der Waals surface area (Å²) >= 11 is 0. The number of aryl methyl sites for hydroxylation is 2. The van der Waals surface area contributed by atoms with Crippen molar-refractivity contribution in [3.05, 3.63) is 52.4 Å². The van der Waals surface area contributed by atoms with Crippen molar-refractivity contribution in [1.29, 1.82) is 0 Å². The second-order valence-corrected chi connectivity index (χ2v) is 5.91. The summed E-state index contributed by atoms with van der Waals surface area (Å²) in [6.45, 7) is 4.69. The molecule has 0 unspecified atom stereocenters. The molecule has 1 aliphatic rings. The first kappa shape index (κ1) is 17.1. The fourth-order valence-corrected chi connectivity index (χ4v) is 2.87. The number of aromatic nitrogens is 1. The normalized spacial score (nSPS) is 14.7. The van der Waals surface area contributed by atoms with Gasteiger partial charge in [-0.25, -0.2) is 8.78 Å². The number of hydrogen-bond acceptors (Lipinski definition) is 4. The zero-order chi connectivity index (χ0) is 18.1. The van der Waals surface area contributed by atoms with Crippen LogP contribution in [0.15, 0.2) is 22.7 Å². The fraction of sp³-hybridized carbons (Fsp3) is 0.353. The predicted molar refractivity (Wildman–Crippen MR) is 84.1 cm³/mol. The Balaban J connectivity index is 1.66. The Kier molecular flexibility index (Phi) is 4.52. The van der Waals surface area contributed by atoms with E-state index in [1.807, 2.05) is 0 Å². The Bertz CT molecular complexity index is 807. The fourth-order valence-electron chi connectivity index (χ4n) is 2.87. The molecule has 0 spiro atoms. The minimum atomic E-state index is -1.06. The maximum Gasteiger partial charge on any atom is 0.259 e. The molecule has 25 heavy (non-hydrogen) atoms. The summed E-state index contributed by atoms with van der Waals surface area (Å²) in [6, 6.07) is 3.07. The number of halogens is 2. The van der Waals surface area contributed by atoms with Crippen LogP contribution in [0.25, 0.3) is 0 Å². The predicted octanol–water partition coefficient (Wildman–Crippen LogP) is 2.17. The lowest BCUT2D eigenvalue weighted by atomic mass is 10.1. The first-order valence-electron chi connectivity index (χ1n) is 7.85. The number of amides is 2. The summed E-state index contributed by atoms with van der Waals surface area (Å²) in [4.78, 5) is 28.1. The molecule has 0 bridgehead atoms. The summed E-state index contributed by atoms with van der Waals surface area (Å²) in [7, 11) is 0. The molecule has 0 radical (unpaired) electrons. The average Bonchev–Trinajstić information content (AvgIpc) is 2.95. The highest BCUT2D eigenvalue weighted by atomic mass is 19.2. The summed E-state index contributed by atoms with van der Waals surface area (Å²) in [5.41, 5.74) is 1.06. The standard InChI is InChI=1S/C17H17F2N3O3/c1-10-15(11(2)25-20-10)17(24)22-7-5-21(6-8-22)16(23)12-3-4-13(18)14(19)9-12/h3-4,9H,5-8H2,1-2H3. The van der Waals surface area contributed by atoms with Gasteiger partial charge in [0.2, 0.25) is 0 Å². The number of piperazine rings is 1. The van der Waals surface area contributed by atoms with E-state index in [9.17, 15) is 18.4 Å². The van der Waals surface area contributed by atoms with Crippen molar-refractivity contribution >= 4 is 11.8 Å². The third-order valence-corrected chi connectivity index (χ3v) is 4.27. The van der Waals surface area contributed by atoms with E-state index in [1.54, 1.807) is 18.7 Å². The molecule has 2 aromatic rings. The molecule has 0 aliphatic carbocycles. The Hall–Kier alpha value is -2.77. The van der Waals surface area contributed by atoms with E-state index in [4.69, 9.17) is 4.52 Å². The second-order valence-electron chi connectivity index (χ2n) is 5.91. The molecule has 1 aromatic carbocycles. The minimum absolute atomic E-state index is 0.0874. The Morgan fingerprint density at radius 3 is 2.12 bits per heavy atom. The van der Waals surface area contributed by atoms with E-state index in [0.717, 1.165) is 12.1 Å². The van der Waals surface area contributed by atoms with Crippen LogP contribution < -0.4 is 0 Å². The molecule has 3 rings (SSSR count).